The van der Waals surface area contributed by atoms with Crippen LogP contribution < -0.4 is 0 Å². The molecule has 1 atom stereocenters. The number of ether oxygens (including phenoxy) is 2. The maximum Gasteiger partial charge on any atom is 0.355 e. The first-order valence-corrected chi connectivity index (χ1v) is 6.98. The average molecular weight is 301 g/mol. The number of rotatable bonds is 4. The standard InChI is InChI=1S/C17H19NO4/c1-12-9-10-18(11-13-7-5-4-6-8-13)15(17(20)22-3)14(12)16(19)21-2/h4-10,12H,11H2,1-3H3. The summed E-state index contributed by atoms with van der Waals surface area (Å²) in [6.07, 6.45) is 3.66. The fourth-order valence-corrected chi connectivity index (χ4v) is 2.40. The van der Waals surface area contributed by atoms with Gasteiger partial charge in [-0.2, -0.15) is 0 Å². The van der Waals surface area contributed by atoms with Crippen LogP contribution in [0.5, 0.6) is 0 Å². The smallest absolute Gasteiger partial charge is 0.355 e. The van der Waals surface area contributed by atoms with Crippen molar-refractivity contribution in [1.82, 2.24) is 4.90 Å². The largest absolute Gasteiger partial charge is 0.466 e. The molecule has 0 amide bonds. The van der Waals surface area contributed by atoms with Crippen LogP contribution in [0.25, 0.3) is 0 Å². The lowest BCUT2D eigenvalue weighted by Gasteiger charge is -2.29. The molecule has 0 saturated heterocycles. The van der Waals surface area contributed by atoms with Crippen LogP contribution in [0, 0.1) is 5.92 Å². The van der Waals surface area contributed by atoms with Crippen LogP contribution in [0.3, 0.4) is 0 Å². The van der Waals surface area contributed by atoms with Gasteiger partial charge in [-0.15, -0.1) is 0 Å². The fourth-order valence-electron chi connectivity index (χ4n) is 2.40. The summed E-state index contributed by atoms with van der Waals surface area (Å²) in [6.45, 7) is 2.31. The molecule has 0 bridgehead atoms. The van der Waals surface area contributed by atoms with Gasteiger partial charge in [0, 0.05) is 18.7 Å². The molecule has 0 spiro atoms. The molecule has 0 N–H and O–H groups in total. The van der Waals surface area contributed by atoms with E-state index in [-0.39, 0.29) is 11.6 Å². The number of carbonyl (C=O) groups is 2. The highest BCUT2D eigenvalue weighted by Gasteiger charge is 2.32. The van der Waals surface area contributed by atoms with Crippen molar-refractivity contribution in [2.24, 2.45) is 5.92 Å². The first-order valence-electron chi connectivity index (χ1n) is 6.98. The number of hydrogen-bond donors (Lipinski definition) is 0. The molecule has 0 fully saturated rings. The summed E-state index contributed by atoms with van der Waals surface area (Å²) in [7, 11) is 2.60. The molecule has 0 aliphatic carbocycles. The molecule has 1 aromatic carbocycles. The lowest BCUT2D eigenvalue weighted by molar-refractivity contribution is -0.141. The molecule has 0 aromatic heterocycles. The lowest BCUT2D eigenvalue weighted by atomic mass is 9.95. The number of benzene rings is 1. The van der Waals surface area contributed by atoms with Crippen LogP contribution in [-0.2, 0) is 25.6 Å². The molecule has 0 saturated carbocycles. The quantitative estimate of drug-likeness (QED) is 0.798. The van der Waals surface area contributed by atoms with E-state index in [0.717, 1.165) is 5.56 Å². The van der Waals surface area contributed by atoms with E-state index in [1.165, 1.54) is 14.2 Å². The van der Waals surface area contributed by atoms with Gasteiger partial charge in [0.1, 0.15) is 5.70 Å². The van der Waals surface area contributed by atoms with Gasteiger partial charge in [-0.25, -0.2) is 9.59 Å². The summed E-state index contributed by atoms with van der Waals surface area (Å²) in [5, 5.41) is 0. The third-order valence-electron chi connectivity index (χ3n) is 3.53. The van der Waals surface area contributed by atoms with Crippen molar-refractivity contribution < 1.29 is 19.1 Å². The highest BCUT2D eigenvalue weighted by Crippen LogP contribution is 2.28. The fraction of sp³-hybridized carbons (Fsp3) is 0.294. The van der Waals surface area contributed by atoms with E-state index in [1.807, 2.05) is 43.3 Å². The Kier molecular flexibility index (Phi) is 4.99. The number of nitrogens with zero attached hydrogens (tertiary/aromatic N) is 1. The minimum Gasteiger partial charge on any atom is -0.466 e. The summed E-state index contributed by atoms with van der Waals surface area (Å²) >= 11 is 0. The van der Waals surface area contributed by atoms with E-state index in [2.05, 4.69) is 0 Å². The van der Waals surface area contributed by atoms with Crippen LogP contribution in [0.4, 0.5) is 0 Å². The Morgan fingerprint density at radius 2 is 1.73 bits per heavy atom. The summed E-state index contributed by atoms with van der Waals surface area (Å²) < 4.78 is 9.67. The van der Waals surface area contributed by atoms with Crippen molar-refractivity contribution in [3.05, 3.63) is 59.4 Å². The molecule has 116 valence electrons. The monoisotopic (exact) mass is 301 g/mol. The number of carbonyl (C=O) groups excluding carboxylic acids is 2. The molecular formula is C17H19NO4. The number of methoxy groups -OCH3 is 2. The van der Waals surface area contributed by atoms with Gasteiger partial charge in [-0.3, -0.25) is 0 Å². The molecular weight excluding hydrogens is 282 g/mol. The molecule has 1 heterocycles. The molecule has 5 heteroatoms. The van der Waals surface area contributed by atoms with E-state index in [9.17, 15) is 9.59 Å². The Morgan fingerprint density at radius 3 is 2.32 bits per heavy atom. The maximum absolute atomic E-state index is 12.2. The third kappa shape index (κ3) is 3.19. The summed E-state index contributed by atoms with van der Waals surface area (Å²) in [5.74, 6) is -1.28. The molecule has 5 nitrogen and oxygen atoms in total. The first kappa shape index (κ1) is 15.8. The maximum atomic E-state index is 12.2. The van der Waals surface area contributed by atoms with E-state index in [1.54, 1.807) is 11.1 Å². The molecule has 2 rings (SSSR count). The van der Waals surface area contributed by atoms with Crippen molar-refractivity contribution >= 4 is 11.9 Å². The zero-order valence-corrected chi connectivity index (χ0v) is 12.9. The topological polar surface area (TPSA) is 55.8 Å². The van der Waals surface area contributed by atoms with E-state index >= 15 is 0 Å². The first-order chi connectivity index (χ1) is 10.6. The molecule has 0 radical (unpaired) electrons. The van der Waals surface area contributed by atoms with Gasteiger partial charge in [0.15, 0.2) is 0 Å². The van der Waals surface area contributed by atoms with Crippen LogP contribution in [0.2, 0.25) is 0 Å². The van der Waals surface area contributed by atoms with Crippen LogP contribution in [-0.4, -0.2) is 31.1 Å². The molecule has 1 aliphatic rings. The second-order valence-corrected chi connectivity index (χ2v) is 4.99. The van der Waals surface area contributed by atoms with Crippen molar-refractivity contribution in [3.63, 3.8) is 0 Å². The zero-order chi connectivity index (χ0) is 16.1. The molecule has 1 unspecified atom stereocenters. The van der Waals surface area contributed by atoms with Gasteiger partial charge >= 0.3 is 11.9 Å². The summed E-state index contributed by atoms with van der Waals surface area (Å²) in [4.78, 5) is 26.0. The Labute approximate surface area is 129 Å². The van der Waals surface area contributed by atoms with Gasteiger partial charge in [-0.05, 0) is 5.56 Å². The minimum atomic E-state index is -0.549. The van der Waals surface area contributed by atoms with Gasteiger partial charge in [-0.1, -0.05) is 43.3 Å². The Morgan fingerprint density at radius 1 is 1.09 bits per heavy atom. The number of hydrogen-bond acceptors (Lipinski definition) is 5. The Bertz CT molecular complexity index is 619. The van der Waals surface area contributed by atoms with Crippen molar-refractivity contribution in [2.75, 3.05) is 14.2 Å². The van der Waals surface area contributed by atoms with Gasteiger partial charge in [0.05, 0.1) is 19.8 Å². The summed E-state index contributed by atoms with van der Waals surface area (Å²) in [6, 6.07) is 9.69. The van der Waals surface area contributed by atoms with Crippen molar-refractivity contribution in [1.29, 1.82) is 0 Å². The van der Waals surface area contributed by atoms with Crippen LogP contribution in [0.15, 0.2) is 53.9 Å². The Balaban J connectivity index is 2.43. The molecule has 22 heavy (non-hydrogen) atoms. The van der Waals surface area contributed by atoms with E-state index < -0.39 is 11.9 Å². The van der Waals surface area contributed by atoms with Crippen molar-refractivity contribution in [3.8, 4) is 0 Å². The van der Waals surface area contributed by atoms with Gasteiger partial charge in [0.25, 0.3) is 0 Å². The number of allylic oxidation sites excluding steroid dienone is 1. The highest BCUT2D eigenvalue weighted by molar-refractivity contribution is 6.01. The van der Waals surface area contributed by atoms with Gasteiger partial charge in [0.2, 0.25) is 0 Å². The van der Waals surface area contributed by atoms with Crippen LogP contribution >= 0.6 is 0 Å². The highest BCUT2D eigenvalue weighted by atomic mass is 16.5. The molecule has 1 aliphatic heterocycles. The number of esters is 2. The predicted molar refractivity (Wildman–Crippen MR) is 81.3 cm³/mol. The average Bonchev–Trinajstić information content (AvgIpc) is 2.55. The minimum absolute atomic E-state index is 0.214. The normalized spacial score (nSPS) is 17.4. The zero-order valence-electron chi connectivity index (χ0n) is 12.9. The molecule has 1 aromatic rings. The summed E-state index contributed by atoms with van der Waals surface area (Å²) in [5.41, 5.74) is 1.56. The Hall–Kier alpha value is -2.56. The second-order valence-electron chi connectivity index (χ2n) is 4.99. The SMILES string of the molecule is COC(=O)C1=C(C(=O)OC)N(Cc2ccccc2)C=CC1C. The third-order valence-corrected chi connectivity index (χ3v) is 3.53. The van der Waals surface area contributed by atoms with Gasteiger partial charge < -0.3 is 14.4 Å². The van der Waals surface area contributed by atoms with E-state index in [0.29, 0.717) is 12.1 Å². The lowest BCUT2D eigenvalue weighted by Crippen LogP contribution is -2.32. The van der Waals surface area contributed by atoms with Crippen molar-refractivity contribution in [2.45, 2.75) is 13.5 Å². The predicted octanol–water partition coefficient (Wildman–Crippen LogP) is 2.25. The second kappa shape index (κ2) is 6.93. The van der Waals surface area contributed by atoms with Crippen LogP contribution in [0.1, 0.15) is 12.5 Å². The van der Waals surface area contributed by atoms with E-state index in [4.69, 9.17) is 9.47 Å².